The van der Waals surface area contributed by atoms with E-state index in [0.29, 0.717) is 16.3 Å². The summed E-state index contributed by atoms with van der Waals surface area (Å²) in [5, 5.41) is 2.37. The molecule has 4 rings (SSSR count). The number of furan rings is 1. The smallest absolute Gasteiger partial charge is 0.335 e. The number of nitrogens with zero attached hydrogens (tertiary/aromatic N) is 1. The summed E-state index contributed by atoms with van der Waals surface area (Å²) in [6.45, 7) is 0. The number of urea groups is 1. The average molecular weight is 445 g/mol. The molecular weight excluding hydrogens is 434 g/mol. The van der Waals surface area contributed by atoms with Crippen LogP contribution in [0.1, 0.15) is 5.76 Å². The largest absolute Gasteiger partial charge is 0.457 e. The minimum Gasteiger partial charge on any atom is -0.457 e. The van der Waals surface area contributed by atoms with Crippen LogP contribution < -0.4 is 10.2 Å². The molecular formula is C21H11Cl2FN2O4. The van der Waals surface area contributed by atoms with Crippen LogP contribution in [0.15, 0.2) is 64.6 Å². The van der Waals surface area contributed by atoms with Gasteiger partial charge in [0.2, 0.25) is 0 Å². The van der Waals surface area contributed by atoms with Gasteiger partial charge in [-0.1, -0.05) is 29.3 Å². The first kappa shape index (κ1) is 19.9. The number of amides is 4. The number of anilines is 1. The van der Waals surface area contributed by atoms with Crippen molar-refractivity contribution in [1.29, 1.82) is 0 Å². The molecule has 1 saturated heterocycles. The minimum absolute atomic E-state index is 0.0682. The molecule has 1 aliphatic heterocycles. The zero-order valence-corrected chi connectivity index (χ0v) is 16.5. The zero-order valence-electron chi connectivity index (χ0n) is 15.0. The maximum Gasteiger partial charge on any atom is 0.335 e. The van der Waals surface area contributed by atoms with Crippen molar-refractivity contribution >= 4 is 52.8 Å². The second-order valence-corrected chi connectivity index (χ2v) is 7.11. The van der Waals surface area contributed by atoms with E-state index in [0.717, 1.165) is 4.90 Å². The minimum atomic E-state index is -0.884. The molecule has 3 aromatic rings. The molecule has 0 saturated carbocycles. The molecule has 0 radical (unpaired) electrons. The Labute approximate surface area is 179 Å². The van der Waals surface area contributed by atoms with Gasteiger partial charge < -0.3 is 4.42 Å². The number of barbiturate groups is 1. The van der Waals surface area contributed by atoms with Gasteiger partial charge in [0.15, 0.2) is 0 Å². The van der Waals surface area contributed by atoms with Crippen LogP contribution in [0.25, 0.3) is 17.4 Å². The normalized spacial score (nSPS) is 15.6. The third kappa shape index (κ3) is 3.72. The van der Waals surface area contributed by atoms with Crippen molar-refractivity contribution in [2.75, 3.05) is 4.90 Å². The standard InChI is InChI=1S/C21H11Cl2FN2O4/c22-12-2-1-3-13(9-12)26-20(28)15(19(27)25-21(26)29)10-14-5-7-18(30-14)11-4-6-17(24)16(23)8-11/h1-10H,(H,25,27,29)/b15-10+. The summed E-state index contributed by atoms with van der Waals surface area (Å²) < 4.78 is 19.0. The van der Waals surface area contributed by atoms with Gasteiger partial charge in [-0.15, -0.1) is 0 Å². The van der Waals surface area contributed by atoms with Gasteiger partial charge in [0, 0.05) is 10.6 Å². The lowest BCUT2D eigenvalue weighted by Gasteiger charge is -2.26. The highest BCUT2D eigenvalue weighted by Gasteiger charge is 2.37. The van der Waals surface area contributed by atoms with E-state index < -0.39 is 23.7 Å². The quantitative estimate of drug-likeness (QED) is 0.452. The Bertz CT molecular complexity index is 1240. The molecule has 2 heterocycles. The van der Waals surface area contributed by atoms with Gasteiger partial charge in [-0.3, -0.25) is 14.9 Å². The Morgan fingerprint density at radius 3 is 2.53 bits per heavy atom. The Hall–Kier alpha value is -3.42. The number of rotatable bonds is 3. The first-order chi connectivity index (χ1) is 14.3. The van der Waals surface area contributed by atoms with E-state index in [4.69, 9.17) is 27.6 Å². The molecule has 0 spiro atoms. The summed E-state index contributed by atoms with van der Waals surface area (Å²) in [6.07, 6.45) is 1.22. The van der Waals surface area contributed by atoms with Crippen molar-refractivity contribution in [3.63, 3.8) is 0 Å². The lowest BCUT2D eigenvalue weighted by atomic mass is 10.1. The number of halogens is 3. The van der Waals surface area contributed by atoms with Gasteiger partial charge in [-0.2, -0.15) is 0 Å². The van der Waals surface area contributed by atoms with Crippen LogP contribution in [0.5, 0.6) is 0 Å². The van der Waals surface area contributed by atoms with E-state index in [2.05, 4.69) is 5.32 Å². The number of carbonyl (C=O) groups is 3. The summed E-state index contributed by atoms with van der Waals surface area (Å²) in [7, 11) is 0. The van der Waals surface area contributed by atoms with Gasteiger partial charge >= 0.3 is 6.03 Å². The molecule has 1 aromatic heterocycles. The van der Waals surface area contributed by atoms with Gasteiger partial charge in [0.05, 0.1) is 10.7 Å². The Morgan fingerprint density at radius 1 is 1.00 bits per heavy atom. The number of hydrogen-bond acceptors (Lipinski definition) is 4. The predicted octanol–water partition coefficient (Wildman–Crippen LogP) is 5.06. The molecule has 1 N–H and O–H groups in total. The third-order valence-corrected chi connectivity index (χ3v) is 4.81. The van der Waals surface area contributed by atoms with Crippen molar-refractivity contribution in [2.45, 2.75) is 0 Å². The maximum atomic E-state index is 13.4. The van der Waals surface area contributed by atoms with E-state index >= 15 is 0 Å². The zero-order chi connectivity index (χ0) is 21.4. The van der Waals surface area contributed by atoms with Crippen LogP contribution in [0, 0.1) is 5.82 Å². The fourth-order valence-electron chi connectivity index (χ4n) is 2.88. The summed E-state index contributed by atoms with van der Waals surface area (Å²) in [5.74, 6) is -1.70. The fourth-order valence-corrected chi connectivity index (χ4v) is 3.25. The number of carbonyl (C=O) groups excluding carboxylic acids is 3. The van der Waals surface area contributed by atoms with E-state index in [1.807, 2.05) is 0 Å². The number of imide groups is 2. The molecule has 150 valence electrons. The van der Waals surface area contributed by atoms with Gasteiger partial charge in [-0.05, 0) is 54.6 Å². The molecule has 6 nitrogen and oxygen atoms in total. The first-order valence-corrected chi connectivity index (χ1v) is 9.31. The third-order valence-electron chi connectivity index (χ3n) is 4.29. The van der Waals surface area contributed by atoms with E-state index in [9.17, 15) is 18.8 Å². The van der Waals surface area contributed by atoms with Crippen LogP contribution in [0.2, 0.25) is 10.0 Å². The molecule has 0 bridgehead atoms. The van der Waals surface area contributed by atoms with Crippen LogP contribution in [0.4, 0.5) is 14.9 Å². The number of benzene rings is 2. The van der Waals surface area contributed by atoms with Crippen molar-refractivity contribution in [2.24, 2.45) is 0 Å². The Balaban J connectivity index is 1.68. The van der Waals surface area contributed by atoms with Crippen LogP contribution >= 0.6 is 23.2 Å². The Morgan fingerprint density at radius 2 is 1.80 bits per heavy atom. The van der Waals surface area contributed by atoms with Gasteiger partial charge in [0.25, 0.3) is 11.8 Å². The van der Waals surface area contributed by atoms with Crippen molar-refractivity contribution < 1.29 is 23.2 Å². The fraction of sp³-hybridized carbons (Fsp3) is 0. The molecule has 4 amide bonds. The van der Waals surface area contributed by atoms with Crippen molar-refractivity contribution in [3.05, 3.63) is 81.8 Å². The highest BCUT2D eigenvalue weighted by molar-refractivity contribution is 6.39. The Kier molecular flexibility index (Phi) is 5.15. The number of nitrogens with one attached hydrogen (secondary N) is 1. The molecule has 30 heavy (non-hydrogen) atoms. The topological polar surface area (TPSA) is 79.6 Å². The van der Waals surface area contributed by atoms with E-state index in [1.54, 1.807) is 18.2 Å². The highest BCUT2D eigenvalue weighted by atomic mass is 35.5. The van der Waals surface area contributed by atoms with Crippen LogP contribution in [-0.2, 0) is 9.59 Å². The number of hydrogen-bond donors (Lipinski definition) is 1. The van der Waals surface area contributed by atoms with Gasteiger partial charge in [-0.25, -0.2) is 14.1 Å². The lowest BCUT2D eigenvalue weighted by Crippen LogP contribution is -2.54. The van der Waals surface area contributed by atoms with Crippen LogP contribution in [-0.4, -0.2) is 17.8 Å². The molecule has 1 fully saturated rings. The molecule has 9 heteroatoms. The molecule has 2 aromatic carbocycles. The molecule has 0 unspecified atom stereocenters. The summed E-state index contributed by atoms with van der Waals surface area (Å²) in [4.78, 5) is 38.1. The van der Waals surface area contributed by atoms with Gasteiger partial charge in [0.1, 0.15) is 22.9 Å². The van der Waals surface area contributed by atoms with Crippen LogP contribution in [0.3, 0.4) is 0 Å². The van der Waals surface area contributed by atoms with E-state index in [1.165, 1.54) is 42.5 Å². The van der Waals surface area contributed by atoms with E-state index in [-0.39, 0.29) is 22.0 Å². The molecule has 0 atom stereocenters. The second kappa shape index (κ2) is 7.78. The van der Waals surface area contributed by atoms with Crippen molar-refractivity contribution in [1.82, 2.24) is 5.32 Å². The van der Waals surface area contributed by atoms with Crippen molar-refractivity contribution in [3.8, 4) is 11.3 Å². The lowest BCUT2D eigenvalue weighted by molar-refractivity contribution is -0.122. The summed E-state index contributed by atoms with van der Waals surface area (Å²) in [5.41, 5.74) is 0.429. The summed E-state index contributed by atoms with van der Waals surface area (Å²) in [6, 6.07) is 12.4. The monoisotopic (exact) mass is 444 g/mol. The molecule has 1 aliphatic rings. The predicted molar refractivity (Wildman–Crippen MR) is 110 cm³/mol. The summed E-state index contributed by atoms with van der Waals surface area (Å²) >= 11 is 11.7. The second-order valence-electron chi connectivity index (χ2n) is 6.27. The maximum absolute atomic E-state index is 13.4. The highest BCUT2D eigenvalue weighted by Crippen LogP contribution is 2.29. The molecule has 0 aliphatic carbocycles. The average Bonchev–Trinajstić information content (AvgIpc) is 3.16. The first-order valence-electron chi connectivity index (χ1n) is 8.56. The SMILES string of the molecule is O=C1NC(=O)N(c2cccc(Cl)c2)C(=O)/C1=C/c1ccc(-c2ccc(F)c(Cl)c2)o1.